The molecule has 2 fully saturated rings. The normalized spacial score (nSPS) is 26.5. The average molecular weight is 429 g/mol. The third-order valence-electron chi connectivity index (χ3n) is 5.01. The van der Waals surface area contributed by atoms with E-state index in [2.05, 4.69) is 58.7 Å². The molecule has 1 saturated heterocycles. The van der Waals surface area contributed by atoms with Crippen molar-refractivity contribution in [2.45, 2.75) is 57.2 Å². The van der Waals surface area contributed by atoms with Gasteiger partial charge >= 0.3 is 0 Å². The van der Waals surface area contributed by atoms with E-state index in [0.29, 0.717) is 6.10 Å². The first-order valence-electron chi connectivity index (χ1n) is 8.92. The molecule has 0 aromatic heterocycles. The molecule has 1 aliphatic heterocycles. The highest BCUT2D eigenvalue weighted by molar-refractivity contribution is 14.1. The van der Waals surface area contributed by atoms with E-state index in [1.165, 1.54) is 35.7 Å². The van der Waals surface area contributed by atoms with E-state index in [4.69, 9.17) is 9.47 Å². The Labute approximate surface area is 153 Å². The summed E-state index contributed by atoms with van der Waals surface area (Å²) in [6, 6.07) is 8.34. The molecule has 1 heterocycles. The third kappa shape index (κ3) is 5.33. The lowest BCUT2D eigenvalue weighted by Crippen LogP contribution is -2.37. The van der Waals surface area contributed by atoms with Crippen LogP contribution >= 0.6 is 22.6 Å². The van der Waals surface area contributed by atoms with Gasteiger partial charge in [-0.05, 0) is 66.6 Å². The number of nitrogens with zero attached hydrogens (tertiary/aromatic N) is 1. The zero-order chi connectivity index (χ0) is 16.1. The molecule has 1 aromatic carbocycles. The van der Waals surface area contributed by atoms with Gasteiger partial charge in [-0.1, -0.05) is 19.3 Å². The number of hydrogen-bond acceptors (Lipinski definition) is 3. The summed E-state index contributed by atoms with van der Waals surface area (Å²) in [6.07, 6.45) is 8.19. The topological polar surface area (TPSA) is 21.7 Å². The molecule has 0 spiro atoms. The molecule has 1 aliphatic carbocycles. The Morgan fingerprint density at radius 2 is 1.91 bits per heavy atom. The maximum atomic E-state index is 6.26. The van der Waals surface area contributed by atoms with Crippen molar-refractivity contribution in [3.8, 4) is 5.75 Å². The quantitative estimate of drug-likeness (QED) is 0.623. The van der Waals surface area contributed by atoms with E-state index in [1.54, 1.807) is 0 Å². The monoisotopic (exact) mass is 429 g/mol. The molecular formula is C19H28INO2. The Balaban J connectivity index is 1.41. The van der Waals surface area contributed by atoms with Gasteiger partial charge in [0.15, 0.2) is 0 Å². The molecule has 3 nitrogen and oxygen atoms in total. The van der Waals surface area contributed by atoms with Gasteiger partial charge in [0, 0.05) is 29.6 Å². The van der Waals surface area contributed by atoms with Crippen LogP contribution in [0.5, 0.6) is 5.75 Å². The Kier molecular flexibility index (Phi) is 6.21. The number of benzene rings is 1. The van der Waals surface area contributed by atoms with E-state index in [-0.39, 0.29) is 5.60 Å². The minimum absolute atomic E-state index is 0.0718. The molecule has 0 amide bonds. The highest BCUT2D eigenvalue weighted by Gasteiger charge is 2.35. The molecule has 1 aromatic rings. The van der Waals surface area contributed by atoms with Crippen molar-refractivity contribution in [1.29, 1.82) is 0 Å². The van der Waals surface area contributed by atoms with Crippen molar-refractivity contribution in [3.63, 3.8) is 0 Å². The van der Waals surface area contributed by atoms with Gasteiger partial charge in [-0.2, -0.15) is 0 Å². The van der Waals surface area contributed by atoms with Crippen LogP contribution in [0.1, 0.15) is 45.4 Å². The summed E-state index contributed by atoms with van der Waals surface area (Å²) in [5.41, 5.74) is -0.0718. The van der Waals surface area contributed by atoms with Crippen LogP contribution in [0, 0.1) is 3.57 Å². The van der Waals surface area contributed by atoms with Gasteiger partial charge in [0.25, 0.3) is 0 Å². The smallest absolute Gasteiger partial charge is 0.120 e. The molecule has 23 heavy (non-hydrogen) atoms. The predicted octanol–water partition coefficient (Wildman–Crippen LogP) is 4.48. The third-order valence-corrected chi connectivity index (χ3v) is 5.73. The largest absolute Gasteiger partial charge is 0.486 e. The van der Waals surface area contributed by atoms with Crippen LogP contribution in [-0.2, 0) is 4.74 Å². The van der Waals surface area contributed by atoms with E-state index >= 15 is 0 Å². The van der Waals surface area contributed by atoms with E-state index in [1.807, 2.05) is 0 Å². The van der Waals surface area contributed by atoms with E-state index in [9.17, 15) is 0 Å². The fourth-order valence-electron chi connectivity index (χ4n) is 3.67. The first-order valence-corrected chi connectivity index (χ1v) is 9.99. The van der Waals surface area contributed by atoms with Gasteiger partial charge in [-0.25, -0.2) is 0 Å². The molecule has 0 radical (unpaired) electrons. The standard InChI is InChI=1S/C19H28INO2/c1-19(23-18-9-7-16(20)8-10-18)11-12-21(15-19)13-14-22-17-5-3-2-4-6-17/h7-10,17H,2-6,11-15H2,1H3. The molecular weight excluding hydrogens is 401 g/mol. The second kappa shape index (κ2) is 8.17. The fourth-order valence-corrected chi connectivity index (χ4v) is 4.03. The van der Waals surface area contributed by atoms with Crippen molar-refractivity contribution < 1.29 is 9.47 Å². The fraction of sp³-hybridized carbons (Fsp3) is 0.684. The second-order valence-corrected chi connectivity index (χ2v) is 8.41. The Morgan fingerprint density at radius 1 is 1.17 bits per heavy atom. The van der Waals surface area contributed by atoms with Crippen molar-refractivity contribution >= 4 is 22.6 Å². The first kappa shape index (κ1) is 17.5. The summed E-state index contributed by atoms with van der Waals surface area (Å²) in [5.74, 6) is 0.980. The summed E-state index contributed by atoms with van der Waals surface area (Å²) in [5, 5.41) is 0. The lowest BCUT2D eigenvalue weighted by molar-refractivity contribution is 0.0154. The van der Waals surface area contributed by atoms with Crippen molar-refractivity contribution in [2.24, 2.45) is 0 Å². The molecule has 1 unspecified atom stereocenters. The molecule has 4 heteroatoms. The van der Waals surface area contributed by atoms with Crippen LogP contribution in [0.2, 0.25) is 0 Å². The minimum atomic E-state index is -0.0718. The number of rotatable bonds is 6. The van der Waals surface area contributed by atoms with Gasteiger partial charge < -0.3 is 9.47 Å². The van der Waals surface area contributed by atoms with Gasteiger partial charge in [0.2, 0.25) is 0 Å². The van der Waals surface area contributed by atoms with Gasteiger partial charge in [-0.15, -0.1) is 0 Å². The summed E-state index contributed by atoms with van der Waals surface area (Å²) in [6.45, 7) is 6.22. The lowest BCUT2D eigenvalue weighted by atomic mass is 9.98. The van der Waals surface area contributed by atoms with Crippen LogP contribution in [0.15, 0.2) is 24.3 Å². The number of halogens is 1. The Hall–Kier alpha value is -0.330. The average Bonchev–Trinajstić information content (AvgIpc) is 2.92. The van der Waals surface area contributed by atoms with Crippen LogP contribution in [0.4, 0.5) is 0 Å². The summed E-state index contributed by atoms with van der Waals surface area (Å²) < 4.78 is 13.6. The van der Waals surface area contributed by atoms with Crippen molar-refractivity contribution in [1.82, 2.24) is 4.90 Å². The zero-order valence-corrected chi connectivity index (χ0v) is 16.3. The van der Waals surface area contributed by atoms with Crippen molar-refractivity contribution in [3.05, 3.63) is 27.8 Å². The predicted molar refractivity (Wildman–Crippen MR) is 102 cm³/mol. The molecule has 3 rings (SSSR count). The summed E-state index contributed by atoms with van der Waals surface area (Å²) in [4.78, 5) is 2.48. The molecule has 1 atom stereocenters. The number of likely N-dealkylation sites (tertiary alicyclic amines) is 1. The van der Waals surface area contributed by atoms with Crippen molar-refractivity contribution in [2.75, 3.05) is 26.2 Å². The molecule has 2 aliphatic rings. The molecule has 1 saturated carbocycles. The molecule has 128 valence electrons. The SMILES string of the molecule is CC1(Oc2ccc(I)cc2)CCN(CCOC2CCCCC2)C1. The Morgan fingerprint density at radius 3 is 2.65 bits per heavy atom. The molecule has 0 N–H and O–H groups in total. The maximum absolute atomic E-state index is 6.26. The van der Waals surface area contributed by atoms with Crippen LogP contribution < -0.4 is 4.74 Å². The lowest BCUT2D eigenvalue weighted by Gasteiger charge is -2.27. The minimum Gasteiger partial charge on any atom is -0.486 e. The van der Waals surface area contributed by atoms with E-state index in [0.717, 1.165) is 38.4 Å². The first-order chi connectivity index (χ1) is 11.1. The van der Waals surface area contributed by atoms with Gasteiger partial charge in [0.05, 0.1) is 12.7 Å². The second-order valence-electron chi connectivity index (χ2n) is 7.16. The van der Waals surface area contributed by atoms with Gasteiger partial charge in [0.1, 0.15) is 11.4 Å². The number of ether oxygens (including phenoxy) is 2. The highest BCUT2D eigenvalue weighted by Crippen LogP contribution is 2.28. The van der Waals surface area contributed by atoms with E-state index < -0.39 is 0 Å². The highest BCUT2D eigenvalue weighted by atomic mass is 127. The van der Waals surface area contributed by atoms with Crippen LogP contribution in [0.3, 0.4) is 0 Å². The summed E-state index contributed by atoms with van der Waals surface area (Å²) >= 11 is 2.32. The molecule has 0 bridgehead atoms. The Bertz CT molecular complexity index is 487. The van der Waals surface area contributed by atoms with Gasteiger partial charge in [-0.3, -0.25) is 4.90 Å². The number of hydrogen-bond donors (Lipinski definition) is 0. The zero-order valence-electron chi connectivity index (χ0n) is 14.1. The van der Waals surface area contributed by atoms with Crippen LogP contribution in [-0.4, -0.2) is 42.8 Å². The summed E-state index contributed by atoms with van der Waals surface area (Å²) in [7, 11) is 0. The van der Waals surface area contributed by atoms with Crippen LogP contribution in [0.25, 0.3) is 0 Å². The maximum Gasteiger partial charge on any atom is 0.120 e.